The van der Waals surface area contributed by atoms with Gasteiger partial charge in [-0.15, -0.1) is 0 Å². The van der Waals surface area contributed by atoms with E-state index < -0.39 is 5.41 Å². The van der Waals surface area contributed by atoms with Gasteiger partial charge in [-0.2, -0.15) is 0 Å². The smallest absolute Gasteiger partial charge is 0.0622 e. The van der Waals surface area contributed by atoms with Gasteiger partial charge in [-0.3, -0.25) is 0 Å². The molecule has 14 aromatic rings. The van der Waals surface area contributed by atoms with Gasteiger partial charge < -0.3 is 0 Å². The van der Waals surface area contributed by atoms with Crippen LogP contribution >= 0.6 is 0 Å². The molecule has 0 nitrogen and oxygen atoms in total. The van der Waals surface area contributed by atoms with Crippen LogP contribution in [0.1, 0.15) is 27.8 Å². The Balaban J connectivity index is 0.649. The zero-order valence-corrected chi connectivity index (χ0v) is 47.9. The Labute approximate surface area is 505 Å². The molecular formula is C86H60. The first kappa shape index (κ1) is 51.9. The van der Waals surface area contributed by atoms with Gasteiger partial charge in [0.15, 0.2) is 0 Å². The van der Waals surface area contributed by atoms with E-state index >= 15 is 0 Å². The van der Waals surface area contributed by atoms with Crippen molar-refractivity contribution in [3.05, 3.63) is 374 Å². The standard InChI is InChI=1S/C86H60/c1-59-11-10-18-84-85(59)82-16-8-9-17-83(82)86(84,80-55-51-78(52-56-80)76-47-43-74(44-48-76)72-39-35-70(36-40-72)68-31-27-66(28-32-68)64-23-19-62(20-24-64)60-12-4-2-5-13-60)81-57-53-79(54-58-81)77-49-45-75(46-50-77)73-41-37-71(38-42-73)69-33-29-67(30-34-69)65-25-21-63(22-26-65)61-14-6-3-7-15-61/h2-58H,1H3. The Morgan fingerprint density at radius 2 is 0.360 bits per heavy atom. The van der Waals surface area contributed by atoms with Gasteiger partial charge in [0.25, 0.3) is 0 Å². The van der Waals surface area contributed by atoms with Crippen molar-refractivity contribution >= 4 is 0 Å². The molecule has 1 aliphatic carbocycles. The van der Waals surface area contributed by atoms with Crippen molar-refractivity contribution in [2.45, 2.75) is 12.3 Å². The summed E-state index contributed by atoms with van der Waals surface area (Å²) in [5.74, 6) is 0. The lowest BCUT2D eigenvalue weighted by atomic mass is 9.67. The first-order chi connectivity index (χ1) is 42.5. The highest BCUT2D eigenvalue weighted by Gasteiger charge is 2.46. The Morgan fingerprint density at radius 3 is 0.616 bits per heavy atom. The van der Waals surface area contributed by atoms with Gasteiger partial charge in [0.1, 0.15) is 0 Å². The Morgan fingerprint density at radius 1 is 0.163 bits per heavy atom. The van der Waals surface area contributed by atoms with Gasteiger partial charge in [-0.05, 0) is 157 Å². The molecule has 86 heavy (non-hydrogen) atoms. The molecule has 0 aromatic heterocycles. The number of hydrogen-bond donors (Lipinski definition) is 0. The van der Waals surface area contributed by atoms with Crippen LogP contribution in [0.5, 0.6) is 0 Å². The molecule has 0 radical (unpaired) electrons. The van der Waals surface area contributed by atoms with Crippen LogP contribution < -0.4 is 0 Å². The zero-order chi connectivity index (χ0) is 57.4. The van der Waals surface area contributed by atoms with Gasteiger partial charge in [-0.1, -0.05) is 346 Å². The average molecular weight is 1090 g/mol. The lowest BCUT2D eigenvalue weighted by Gasteiger charge is -2.34. The zero-order valence-electron chi connectivity index (χ0n) is 47.9. The Bertz CT molecular complexity index is 4400. The minimum atomic E-state index is -0.505. The van der Waals surface area contributed by atoms with Crippen molar-refractivity contribution in [1.82, 2.24) is 0 Å². The summed E-state index contributed by atoms with van der Waals surface area (Å²) < 4.78 is 0. The summed E-state index contributed by atoms with van der Waals surface area (Å²) in [6, 6.07) is 127. The van der Waals surface area contributed by atoms with E-state index in [9.17, 15) is 0 Å². The maximum atomic E-state index is 2.37. The number of fused-ring (bicyclic) bond motifs is 3. The second-order valence-electron chi connectivity index (χ2n) is 22.8. The largest absolute Gasteiger partial charge is 0.0713 e. The molecule has 0 atom stereocenters. The highest BCUT2D eigenvalue weighted by atomic mass is 14.5. The van der Waals surface area contributed by atoms with Crippen LogP contribution in [-0.2, 0) is 5.41 Å². The molecule has 0 bridgehead atoms. The summed E-state index contributed by atoms with van der Waals surface area (Å²) in [6.07, 6.45) is 0. The molecule has 0 heteroatoms. The fourth-order valence-electron chi connectivity index (χ4n) is 13.2. The van der Waals surface area contributed by atoms with Crippen LogP contribution in [0.25, 0.3) is 122 Å². The topological polar surface area (TPSA) is 0 Å². The van der Waals surface area contributed by atoms with E-state index in [1.807, 2.05) is 0 Å². The minimum absolute atomic E-state index is 0.505. The first-order valence-electron chi connectivity index (χ1n) is 29.9. The van der Waals surface area contributed by atoms with E-state index in [2.05, 4.69) is 353 Å². The van der Waals surface area contributed by atoms with Gasteiger partial charge in [-0.25, -0.2) is 0 Å². The number of aryl methyl sites for hydroxylation is 1. The summed E-state index contributed by atoms with van der Waals surface area (Å²) in [6.45, 7) is 2.26. The van der Waals surface area contributed by atoms with Crippen molar-refractivity contribution in [3.8, 4) is 122 Å². The summed E-state index contributed by atoms with van der Waals surface area (Å²) in [5, 5.41) is 0. The first-order valence-corrected chi connectivity index (χ1v) is 29.9. The monoisotopic (exact) mass is 1090 g/mol. The van der Waals surface area contributed by atoms with E-state index in [0.717, 1.165) is 0 Å². The summed E-state index contributed by atoms with van der Waals surface area (Å²) >= 11 is 0. The van der Waals surface area contributed by atoms with Crippen molar-refractivity contribution in [2.75, 3.05) is 0 Å². The minimum Gasteiger partial charge on any atom is -0.0622 e. The second kappa shape index (κ2) is 22.3. The fourth-order valence-corrected chi connectivity index (χ4v) is 13.2. The van der Waals surface area contributed by atoms with Crippen molar-refractivity contribution < 1.29 is 0 Å². The van der Waals surface area contributed by atoms with Gasteiger partial charge in [0, 0.05) is 0 Å². The van der Waals surface area contributed by atoms with Crippen molar-refractivity contribution in [3.63, 3.8) is 0 Å². The average Bonchev–Trinajstić information content (AvgIpc) is 1.63. The lowest BCUT2D eigenvalue weighted by Crippen LogP contribution is -2.28. The lowest BCUT2D eigenvalue weighted by molar-refractivity contribution is 0.768. The van der Waals surface area contributed by atoms with Crippen LogP contribution in [0, 0.1) is 6.92 Å². The van der Waals surface area contributed by atoms with E-state index in [0.29, 0.717) is 0 Å². The second-order valence-corrected chi connectivity index (χ2v) is 22.8. The molecule has 0 fully saturated rings. The quantitative estimate of drug-likeness (QED) is 0.114. The molecule has 0 N–H and O–H groups in total. The molecule has 0 saturated heterocycles. The molecule has 0 aliphatic heterocycles. The van der Waals surface area contributed by atoms with E-state index in [1.165, 1.54) is 150 Å². The molecule has 0 heterocycles. The molecule has 0 unspecified atom stereocenters. The molecule has 15 rings (SSSR count). The molecule has 0 spiro atoms. The summed E-state index contributed by atoms with van der Waals surface area (Å²) in [7, 11) is 0. The molecule has 0 amide bonds. The molecule has 14 aromatic carbocycles. The van der Waals surface area contributed by atoms with E-state index in [-0.39, 0.29) is 0 Å². The number of hydrogen-bond acceptors (Lipinski definition) is 0. The van der Waals surface area contributed by atoms with Crippen LogP contribution in [0.15, 0.2) is 346 Å². The third kappa shape index (κ3) is 9.68. The van der Waals surface area contributed by atoms with E-state index in [1.54, 1.807) is 0 Å². The van der Waals surface area contributed by atoms with Gasteiger partial charge >= 0.3 is 0 Å². The predicted molar refractivity (Wildman–Crippen MR) is 363 cm³/mol. The maximum Gasteiger partial charge on any atom is 0.0713 e. The predicted octanol–water partition coefficient (Wildman–Crippen LogP) is 23.0. The van der Waals surface area contributed by atoms with Gasteiger partial charge in [0.2, 0.25) is 0 Å². The summed E-state index contributed by atoms with van der Waals surface area (Å²) in [5.41, 5.74) is 32.8. The Kier molecular flexibility index (Phi) is 13.5. The van der Waals surface area contributed by atoms with Crippen LogP contribution in [0.2, 0.25) is 0 Å². The summed E-state index contributed by atoms with van der Waals surface area (Å²) in [4.78, 5) is 0. The fraction of sp³-hybridized carbons (Fsp3) is 0.0233. The van der Waals surface area contributed by atoms with Crippen LogP contribution in [-0.4, -0.2) is 0 Å². The van der Waals surface area contributed by atoms with Crippen LogP contribution in [0.4, 0.5) is 0 Å². The molecule has 1 aliphatic rings. The van der Waals surface area contributed by atoms with Crippen molar-refractivity contribution in [2.24, 2.45) is 0 Å². The Hall–Kier alpha value is -10.9. The third-order valence-electron chi connectivity index (χ3n) is 17.9. The maximum absolute atomic E-state index is 2.37. The van der Waals surface area contributed by atoms with Gasteiger partial charge in [0.05, 0.1) is 5.41 Å². The molecule has 0 saturated carbocycles. The highest BCUT2D eigenvalue weighted by Crippen LogP contribution is 2.57. The normalized spacial score (nSPS) is 12.1. The molecular weight excluding hydrogens is 1030 g/mol. The number of rotatable bonds is 12. The highest BCUT2D eigenvalue weighted by molar-refractivity contribution is 5.89. The van der Waals surface area contributed by atoms with E-state index in [4.69, 9.17) is 0 Å². The number of benzene rings is 14. The third-order valence-corrected chi connectivity index (χ3v) is 17.9. The molecule has 404 valence electrons. The van der Waals surface area contributed by atoms with Crippen molar-refractivity contribution in [1.29, 1.82) is 0 Å². The SMILES string of the molecule is Cc1cccc2c1-c1ccccc1C2(c1ccc(-c2ccc(-c3ccc(-c4ccc(-c5ccc(-c6ccccc6)cc5)cc4)cc3)cc2)cc1)c1ccc(-c2ccc(-c3ccc(-c4ccc(-c5ccc(-c6ccccc6)cc5)cc4)cc3)cc2)cc1. The van der Waals surface area contributed by atoms with Crippen LogP contribution in [0.3, 0.4) is 0 Å².